The van der Waals surface area contributed by atoms with Crippen LogP contribution in [0.4, 0.5) is 0 Å². The van der Waals surface area contributed by atoms with Crippen LogP contribution >= 0.6 is 0 Å². The van der Waals surface area contributed by atoms with Crippen molar-refractivity contribution < 1.29 is 0 Å². The van der Waals surface area contributed by atoms with E-state index in [-0.39, 0.29) is 0 Å². The lowest BCUT2D eigenvalue weighted by Gasteiger charge is -2.33. The molecule has 1 aliphatic carbocycles. The van der Waals surface area contributed by atoms with Crippen LogP contribution in [0, 0.1) is 11.3 Å². The Hall–Kier alpha value is -0.660. The topological polar surface area (TPSA) is 24.7 Å². The highest BCUT2D eigenvalue weighted by Crippen LogP contribution is 2.35. The minimum Gasteiger partial charge on any atom is -0.270 e. The van der Waals surface area contributed by atoms with E-state index >= 15 is 0 Å². The molecule has 1 heterocycles. The second kappa shape index (κ2) is 5.11. The van der Waals surface area contributed by atoms with Gasteiger partial charge in [-0.15, -0.1) is 0 Å². The highest BCUT2D eigenvalue weighted by molar-refractivity contribution is 5.77. The van der Waals surface area contributed by atoms with Crippen molar-refractivity contribution in [3.8, 4) is 0 Å². The van der Waals surface area contributed by atoms with E-state index in [4.69, 9.17) is 0 Å². The normalized spacial score (nSPS) is 34.4. The fourth-order valence-electron chi connectivity index (χ4n) is 2.96. The third-order valence-corrected chi connectivity index (χ3v) is 4.00. The largest absolute Gasteiger partial charge is 0.270 e. The van der Waals surface area contributed by atoms with E-state index in [0.717, 1.165) is 0 Å². The number of hydrogen-bond acceptors (Lipinski definition) is 2. The zero-order chi connectivity index (χ0) is 11.4. The Kier molecular flexibility index (Phi) is 3.78. The van der Waals surface area contributed by atoms with E-state index in [1.165, 1.54) is 44.9 Å². The van der Waals surface area contributed by atoms with Crippen LogP contribution in [0.1, 0.15) is 58.8 Å². The molecule has 2 atom stereocenters. The lowest BCUT2D eigenvalue weighted by atomic mass is 9.76. The Morgan fingerprint density at radius 2 is 1.94 bits per heavy atom. The van der Waals surface area contributed by atoms with Crippen molar-refractivity contribution in [1.29, 1.82) is 0 Å². The first-order valence-corrected chi connectivity index (χ1v) is 6.72. The molecule has 2 unspecified atom stereocenters. The molecular weight excluding hydrogens is 196 g/mol. The maximum Gasteiger partial charge on any atom is 0.109 e. The number of rotatable bonds is 0. The lowest BCUT2D eigenvalue weighted by Crippen LogP contribution is -2.29. The summed E-state index contributed by atoms with van der Waals surface area (Å²) in [4.78, 5) is 8.82. The monoisotopic (exact) mass is 220 g/mol. The molecule has 1 aliphatic heterocycles. The molecule has 0 aromatic heterocycles. The summed E-state index contributed by atoms with van der Waals surface area (Å²) in [7, 11) is 0. The van der Waals surface area contributed by atoms with Gasteiger partial charge in [0.25, 0.3) is 0 Å². The van der Waals surface area contributed by atoms with E-state index < -0.39 is 0 Å². The zero-order valence-corrected chi connectivity index (χ0v) is 10.7. The Labute approximate surface area is 99.3 Å². The first-order chi connectivity index (χ1) is 7.67. The van der Waals surface area contributed by atoms with Gasteiger partial charge in [0.1, 0.15) is 6.34 Å². The van der Waals surface area contributed by atoms with Gasteiger partial charge < -0.3 is 0 Å². The maximum atomic E-state index is 4.60. The minimum absolute atomic E-state index is 0.447. The first kappa shape index (κ1) is 11.8. The molecule has 90 valence electrons. The molecule has 0 spiro atoms. The Morgan fingerprint density at radius 1 is 1.12 bits per heavy atom. The van der Waals surface area contributed by atoms with Gasteiger partial charge in [-0.1, -0.05) is 39.5 Å². The molecule has 0 radical (unpaired) electrons. The summed E-state index contributed by atoms with van der Waals surface area (Å²) >= 11 is 0. The molecule has 0 aromatic carbocycles. The predicted molar refractivity (Wildman–Crippen MR) is 70.4 cm³/mol. The van der Waals surface area contributed by atoms with Crippen molar-refractivity contribution in [2.75, 3.05) is 0 Å². The number of fused-ring (bicyclic) bond motifs is 1. The van der Waals surface area contributed by atoms with E-state index in [1.54, 1.807) is 6.34 Å². The quantitative estimate of drug-likeness (QED) is 0.592. The summed E-state index contributed by atoms with van der Waals surface area (Å²) in [5.74, 6) is 0.599. The van der Waals surface area contributed by atoms with E-state index in [0.29, 0.717) is 17.4 Å². The number of hydrogen-bond donors (Lipinski definition) is 0. The predicted octanol–water partition coefficient (Wildman–Crippen LogP) is 3.85. The second-order valence-corrected chi connectivity index (χ2v) is 6.12. The minimum atomic E-state index is 0.447. The van der Waals surface area contributed by atoms with Crippen molar-refractivity contribution in [2.24, 2.45) is 21.3 Å². The molecule has 0 N–H and O–H groups in total. The third kappa shape index (κ3) is 3.16. The van der Waals surface area contributed by atoms with Crippen molar-refractivity contribution in [3.05, 3.63) is 0 Å². The average molecular weight is 220 g/mol. The lowest BCUT2D eigenvalue weighted by molar-refractivity contribution is 0.243. The second-order valence-electron chi connectivity index (χ2n) is 6.12. The molecular formula is C14H24N2. The molecule has 2 aliphatic rings. The van der Waals surface area contributed by atoms with E-state index in [2.05, 4.69) is 30.0 Å². The highest BCUT2D eigenvalue weighted by atomic mass is 14.9. The zero-order valence-electron chi connectivity index (χ0n) is 10.7. The SMILES string of the molecule is CC1(C)CCCCCCC2C=NC=NC2C1. The molecule has 0 saturated heterocycles. The summed E-state index contributed by atoms with van der Waals surface area (Å²) in [6.07, 6.45) is 13.3. The fraction of sp³-hybridized carbons (Fsp3) is 0.857. The number of aliphatic imine (C=N–C) groups is 2. The maximum absolute atomic E-state index is 4.60. The van der Waals surface area contributed by atoms with Crippen LogP contribution in [-0.2, 0) is 0 Å². The van der Waals surface area contributed by atoms with Crippen LogP contribution in [0.3, 0.4) is 0 Å². The molecule has 1 saturated carbocycles. The van der Waals surface area contributed by atoms with Crippen LogP contribution in [0.2, 0.25) is 0 Å². The average Bonchev–Trinajstić information content (AvgIpc) is 2.24. The molecule has 2 nitrogen and oxygen atoms in total. The van der Waals surface area contributed by atoms with Gasteiger partial charge in [-0.3, -0.25) is 4.99 Å². The van der Waals surface area contributed by atoms with Crippen LogP contribution in [0.25, 0.3) is 0 Å². The fourth-order valence-corrected chi connectivity index (χ4v) is 2.96. The molecule has 0 aromatic rings. The van der Waals surface area contributed by atoms with Crippen LogP contribution in [-0.4, -0.2) is 18.6 Å². The van der Waals surface area contributed by atoms with Crippen molar-refractivity contribution >= 4 is 12.6 Å². The molecule has 16 heavy (non-hydrogen) atoms. The molecule has 1 fully saturated rings. The van der Waals surface area contributed by atoms with Gasteiger partial charge in [-0.25, -0.2) is 4.99 Å². The van der Waals surface area contributed by atoms with Gasteiger partial charge in [0.15, 0.2) is 0 Å². The van der Waals surface area contributed by atoms with Gasteiger partial charge >= 0.3 is 0 Å². The van der Waals surface area contributed by atoms with Crippen LogP contribution < -0.4 is 0 Å². The Morgan fingerprint density at radius 3 is 2.81 bits per heavy atom. The van der Waals surface area contributed by atoms with Gasteiger partial charge in [0.2, 0.25) is 0 Å². The first-order valence-electron chi connectivity index (χ1n) is 6.72. The summed E-state index contributed by atoms with van der Waals surface area (Å²) in [6, 6.07) is 0.491. The van der Waals surface area contributed by atoms with Crippen molar-refractivity contribution in [3.63, 3.8) is 0 Å². The smallest absolute Gasteiger partial charge is 0.109 e. The highest BCUT2D eigenvalue weighted by Gasteiger charge is 2.29. The molecule has 0 bridgehead atoms. The van der Waals surface area contributed by atoms with Gasteiger partial charge in [-0.2, -0.15) is 0 Å². The Bertz CT molecular complexity index is 278. The Balaban J connectivity index is 2.05. The summed E-state index contributed by atoms with van der Waals surface area (Å²) < 4.78 is 0. The van der Waals surface area contributed by atoms with Gasteiger partial charge in [0.05, 0.1) is 6.04 Å². The van der Waals surface area contributed by atoms with Crippen LogP contribution in [0.15, 0.2) is 9.98 Å². The number of nitrogens with zero attached hydrogens (tertiary/aromatic N) is 2. The summed E-state index contributed by atoms with van der Waals surface area (Å²) in [5.41, 5.74) is 0.447. The molecule has 0 amide bonds. The summed E-state index contributed by atoms with van der Waals surface area (Å²) in [6.45, 7) is 4.79. The van der Waals surface area contributed by atoms with E-state index in [9.17, 15) is 0 Å². The van der Waals surface area contributed by atoms with Crippen LogP contribution in [0.5, 0.6) is 0 Å². The molecule has 2 rings (SSSR count). The summed E-state index contributed by atoms with van der Waals surface area (Å²) in [5, 5.41) is 0. The van der Waals surface area contributed by atoms with Crippen molar-refractivity contribution in [2.45, 2.75) is 64.8 Å². The van der Waals surface area contributed by atoms with Crippen molar-refractivity contribution in [1.82, 2.24) is 0 Å². The molecule has 2 heteroatoms. The van der Waals surface area contributed by atoms with Gasteiger partial charge in [0, 0.05) is 12.1 Å². The standard InChI is InChI=1S/C14H24N2/c1-14(2)8-6-4-3-5-7-12-10-15-11-16-13(12)9-14/h10-13H,3-9H2,1-2H3. The van der Waals surface area contributed by atoms with E-state index in [1.807, 2.05) is 0 Å². The van der Waals surface area contributed by atoms with Gasteiger partial charge in [-0.05, 0) is 24.7 Å². The third-order valence-electron chi connectivity index (χ3n) is 4.00.